The third-order valence-electron chi connectivity index (χ3n) is 7.27. The molecule has 0 N–H and O–H groups in total. The van der Waals surface area contributed by atoms with Gasteiger partial charge in [-0.3, -0.25) is 0 Å². The third-order valence-corrected chi connectivity index (χ3v) is 7.27. The minimum absolute atomic E-state index is 0.0382. The summed E-state index contributed by atoms with van der Waals surface area (Å²) in [5.74, 6) is 0. The molecular formula is C28H24. The summed E-state index contributed by atoms with van der Waals surface area (Å²) >= 11 is 0. The maximum Gasteiger partial charge on any atom is 0.0159 e. The van der Waals surface area contributed by atoms with Gasteiger partial charge in [-0.25, -0.2) is 0 Å². The third kappa shape index (κ3) is 1.72. The van der Waals surface area contributed by atoms with Crippen molar-refractivity contribution in [3.05, 3.63) is 95.1 Å². The molecule has 0 unspecified atom stereocenters. The molecule has 0 spiro atoms. The predicted octanol–water partition coefficient (Wildman–Crippen LogP) is 7.45. The van der Waals surface area contributed by atoms with Crippen molar-refractivity contribution in [1.82, 2.24) is 0 Å². The van der Waals surface area contributed by atoms with E-state index in [1.54, 1.807) is 0 Å². The number of benzene rings is 4. The Hall–Kier alpha value is -2.86. The van der Waals surface area contributed by atoms with E-state index in [2.05, 4.69) is 100 Å². The van der Waals surface area contributed by atoms with E-state index in [9.17, 15) is 0 Å². The molecule has 0 saturated carbocycles. The van der Waals surface area contributed by atoms with E-state index in [0.29, 0.717) is 0 Å². The van der Waals surface area contributed by atoms with Crippen molar-refractivity contribution in [1.29, 1.82) is 0 Å². The minimum Gasteiger partial charge on any atom is -0.0619 e. The van der Waals surface area contributed by atoms with E-state index < -0.39 is 0 Å². The maximum atomic E-state index is 2.37. The van der Waals surface area contributed by atoms with Gasteiger partial charge >= 0.3 is 0 Å². The lowest BCUT2D eigenvalue weighted by molar-refractivity contribution is 0.660. The molecule has 0 heteroatoms. The molecule has 2 aliphatic rings. The average Bonchev–Trinajstić information content (AvgIpc) is 3.08. The molecule has 136 valence electrons. The molecule has 2 aliphatic carbocycles. The van der Waals surface area contributed by atoms with Crippen molar-refractivity contribution >= 4 is 10.8 Å². The van der Waals surface area contributed by atoms with Gasteiger partial charge in [0.15, 0.2) is 0 Å². The Kier molecular flexibility index (Phi) is 2.85. The minimum atomic E-state index is 0.0382. The van der Waals surface area contributed by atoms with Crippen LogP contribution >= 0.6 is 0 Å². The Morgan fingerprint density at radius 1 is 0.464 bits per heavy atom. The molecule has 0 aromatic heterocycles. The van der Waals surface area contributed by atoms with Crippen LogP contribution in [0.25, 0.3) is 33.0 Å². The van der Waals surface area contributed by atoms with Crippen LogP contribution in [0, 0.1) is 0 Å². The lowest BCUT2D eigenvalue weighted by Crippen LogP contribution is -2.15. The largest absolute Gasteiger partial charge is 0.0619 e. The quantitative estimate of drug-likeness (QED) is 0.305. The number of hydrogen-bond donors (Lipinski definition) is 0. The highest BCUT2D eigenvalue weighted by Crippen LogP contribution is 2.57. The van der Waals surface area contributed by atoms with Crippen molar-refractivity contribution in [3.63, 3.8) is 0 Å². The monoisotopic (exact) mass is 360 g/mol. The Balaban J connectivity index is 1.86. The van der Waals surface area contributed by atoms with Gasteiger partial charge in [-0.05, 0) is 55.3 Å². The Bertz CT molecular complexity index is 1200. The molecule has 0 atom stereocenters. The summed E-state index contributed by atoms with van der Waals surface area (Å²) in [7, 11) is 0. The molecule has 6 rings (SSSR count). The molecule has 0 aliphatic heterocycles. The highest BCUT2D eigenvalue weighted by molar-refractivity contribution is 6.12. The fourth-order valence-electron chi connectivity index (χ4n) is 5.80. The van der Waals surface area contributed by atoms with E-state index in [0.717, 1.165) is 0 Å². The highest BCUT2D eigenvalue weighted by Gasteiger charge is 2.40. The van der Waals surface area contributed by atoms with Crippen LogP contribution in [0.2, 0.25) is 0 Å². The van der Waals surface area contributed by atoms with Gasteiger partial charge in [0, 0.05) is 10.8 Å². The number of rotatable bonds is 0. The zero-order valence-electron chi connectivity index (χ0n) is 16.9. The first kappa shape index (κ1) is 16.1. The molecule has 0 nitrogen and oxygen atoms in total. The lowest BCUT2D eigenvalue weighted by atomic mass is 9.80. The van der Waals surface area contributed by atoms with Crippen LogP contribution in [0.4, 0.5) is 0 Å². The molecule has 4 aromatic carbocycles. The first-order valence-corrected chi connectivity index (χ1v) is 10.2. The second kappa shape index (κ2) is 4.94. The Morgan fingerprint density at radius 2 is 0.893 bits per heavy atom. The fraction of sp³-hybridized carbons (Fsp3) is 0.214. The van der Waals surface area contributed by atoms with Crippen molar-refractivity contribution < 1.29 is 0 Å². The summed E-state index contributed by atoms with van der Waals surface area (Å²) in [4.78, 5) is 0. The van der Waals surface area contributed by atoms with Crippen LogP contribution in [0.15, 0.2) is 72.8 Å². The first-order chi connectivity index (χ1) is 13.4. The topological polar surface area (TPSA) is 0 Å². The smallest absolute Gasteiger partial charge is 0.0159 e. The maximum absolute atomic E-state index is 2.37. The zero-order valence-corrected chi connectivity index (χ0v) is 16.9. The number of hydrogen-bond acceptors (Lipinski definition) is 0. The average molecular weight is 361 g/mol. The van der Waals surface area contributed by atoms with Gasteiger partial charge < -0.3 is 0 Å². The first-order valence-electron chi connectivity index (χ1n) is 10.2. The molecule has 0 bridgehead atoms. The van der Waals surface area contributed by atoms with Crippen molar-refractivity contribution in [3.8, 4) is 22.3 Å². The lowest BCUT2D eigenvalue weighted by Gasteiger charge is -2.23. The number of fused-ring (bicyclic) bond motifs is 9. The normalized spacial score (nSPS) is 17.1. The Labute approximate surface area is 166 Å². The van der Waals surface area contributed by atoms with Gasteiger partial charge in [-0.15, -0.1) is 0 Å². The summed E-state index contributed by atoms with van der Waals surface area (Å²) in [5.41, 5.74) is 11.6. The van der Waals surface area contributed by atoms with E-state index in [-0.39, 0.29) is 10.8 Å². The van der Waals surface area contributed by atoms with Gasteiger partial charge in [-0.1, -0.05) is 100 Å². The summed E-state index contributed by atoms with van der Waals surface area (Å²) in [6.07, 6.45) is 0. The van der Waals surface area contributed by atoms with Gasteiger partial charge in [0.25, 0.3) is 0 Å². The van der Waals surface area contributed by atoms with Gasteiger partial charge in [0.2, 0.25) is 0 Å². The molecule has 0 fully saturated rings. The van der Waals surface area contributed by atoms with Crippen LogP contribution < -0.4 is 0 Å². The van der Waals surface area contributed by atoms with Crippen LogP contribution in [0.1, 0.15) is 49.9 Å². The van der Waals surface area contributed by atoms with Crippen molar-refractivity contribution in [2.75, 3.05) is 0 Å². The van der Waals surface area contributed by atoms with Gasteiger partial charge in [0.1, 0.15) is 0 Å². The highest BCUT2D eigenvalue weighted by atomic mass is 14.4. The SMILES string of the molecule is CC1(C)c2ccccc2-c2c1ccc1ccc3c(c21)-c1ccccc1C3(C)C. The summed E-state index contributed by atoms with van der Waals surface area (Å²) in [6.45, 7) is 9.46. The predicted molar refractivity (Wildman–Crippen MR) is 119 cm³/mol. The van der Waals surface area contributed by atoms with E-state index in [4.69, 9.17) is 0 Å². The second-order valence-electron chi connectivity index (χ2n) is 9.42. The molecular weight excluding hydrogens is 336 g/mol. The van der Waals surface area contributed by atoms with Crippen molar-refractivity contribution in [2.45, 2.75) is 38.5 Å². The van der Waals surface area contributed by atoms with E-state index in [1.807, 2.05) is 0 Å². The second-order valence-corrected chi connectivity index (χ2v) is 9.42. The van der Waals surface area contributed by atoms with E-state index in [1.165, 1.54) is 55.3 Å². The van der Waals surface area contributed by atoms with Crippen LogP contribution in [-0.4, -0.2) is 0 Å². The molecule has 28 heavy (non-hydrogen) atoms. The summed E-state index contributed by atoms with van der Waals surface area (Å²) < 4.78 is 0. The molecule has 4 aromatic rings. The van der Waals surface area contributed by atoms with Crippen LogP contribution in [-0.2, 0) is 10.8 Å². The Morgan fingerprint density at radius 3 is 1.36 bits per heavy atom. The van der Waals surface area contributed by atoms with Gasteiger partial charge in [-0.2, -0.15) is 0 Å². The zero-order chi connectivity index (χ0) is 19.3. The molecule has 0 saturated heterocycles. The van der Waals surface area contributed by atoms with Crippen LogP contribution in [0.3, 0.4) is 0 Å². The summed E-state index contributed by atoms with van der Waals surface area (Å²) in [5, 5.41) is 2.78. The molecule has 0 radical (unpaired) electrons. The van der Waals surface area contributed by atoms with E-state index >= 15 is 0 Å². The van der Waals surface area contributed by atoms with Crippen LogP contribution in [0.5, 0.6) is 0 Å². The fourth-order valence-corrected chi connectivity index (χ4v) is 5.80. The summed E-state index contributed by atoms with van der Waals surface area (Å²) in [6, 6.07) is 27.3. The molecule has 0 amide bonds. The molecule has 0 heterocycles. The standard InChI is InChI=1S/C28H24/c1-27(2)20-11-7-5-9-18(20)25-22(27)15-13-17-14-16-23-26(24(17)25)19-10-6-8-12-21(19)28(23,3)4/h5-16H,1-4H3. The van der Waals surface area contributed by atoms with Gasteiger partial charge in [0.05, 0.1) is 0 Å². The van der Waals surface area contributed by atoms with Crippen molar-refractivity contribution in [2.24, 2.45) is 0 Å².